The van der Waals surface area contributed by atoms with Gasteiger partial charge >= 0.3 is 0 Å². The maximum Gasteiger partial charge on any atom is 0.162 e. The van der Waals surface area contributed by atoms with E-state index in [4.69, 9.17) is 4.98 Å². The number of hydrogen-bond acceptors (Lipinski definition) is 4. The summed E-state index contributed by atoms with van der Waals surface area (Å²) in [6.45, 7) is 24.3. The van der Waals surface area contributed by atoms with E-state index >= 15 is 0 Å². The second kappa shape index (κ2) is 16.4. The van der Waals surface area contributed by atoms with Gasteiger partial charge in [0.05, 0.1) is 13.8 Å². The zero-order chi connectivity index (χ0) is 34.7. The zero-order valence-corrected chi connectivity index (χ0v) is 35.0. The third-order valence-corrected chi connectivity index (χ3v) is 12.6. The molecule has 0 amide bonds. The first kappa shape index (κ1) is 39.8. The molecule has 2 aromatic heterocycles. The topological polar surface area (TPSA) is 50.2 Å². The standard InChI is InChI=1S/C29H30NSSi.C13H24O2.Ir/c1-18-8-9-19-15-20(16-25(24(19)14-18)29(2,3)4)27-28-23(12-13-30-27)22-11-10-21(32(5,6)7)17-26(22)31-28;1-5-10(6-2)12(14)9-13(15)11(7-3)8-4;/h8-14,16-17H,1-7H3;9-11,14H,5-8H2,1-4H3;/q-1;;/b;12-9-;. The molecule has 0 spiro atoms. The van der Waals surface area contributed by atoms with Crippen LogP contribution in [0.1, 0.15) is 85.3 Å². The molecule has 48 heavy (non-hydrogen) atoms. The van der Waals surface area contributed by atoms with Crippen LogP contribution in [0.4, 0.5) is 0 Å². The summed E-state index contributed by atoms with van der Waals surface area (Å²) < 4.78 is 2.62. The predicted molar refractivity (Wildman–Crippen MR) is 209 cm³/mol. The molecule has 5 aromatic rings. The number of aromatic nitrogens is 1. The van der Waals surface area contributed by atoms with E-state index < -0.39 is 8.07 Å². The Morgan fingerprint density at radius 3 is 2.12 bits per heavy atom. The number of thiophene rings is 1. The molecule has 0 aliphatic rings. The van der Waals surface area contributed by atoms with Crippen LogP contribution >= 0.6 is 11.3 Å². The van der Waals surface area contributed by atoms with Crippen molar-refractivity contribution >= 4 is 61.3 Å². The summed E-state index contributed by atoms with van der Waals surface area (Å²) in [5, 5.41) is 16.4. The minimum atomic E-state index is -1.36. The molecule has 0 bridgehead atoms. The third-order valence-electron chi connectivity index (χ3n) is 9.42. The van der Waals surface area contributed by atoms with E-state index in [0.29, 0.717) is 0 Å². The summed E-state index contributed by atoms with van der Waals surface area (Å²) >= 11 is 1.87. The normalized spacial score (nSPS) is 12.5. The molecule has 0 unspecified atom stereocenters. The second-order valence-electron chi connectivity index (χ2n) is 15.0. The van der Waals surface area contributed by atoms with E-state index in [0.717, 1.165) is 36.9 Å². The Morgan fingerprint density at radius 1 is 0.896 bits per heavy atom. The van der Waals surface area contributed by atoms with Crippen LogP contribution in [0.2, 0.25) is 19.6 Å². The molecule has 1 radical (unpaired) electrons. The SMILES string of the molecule is CCC(CC)C(=O)/C=C(\O)C(CC)CC.Cc1ccc2[c-]c(-c3nccc4c3sc3cc([Si](C)(C)C)ccc34)cc(C(C)(C)C)c2c1.[Ir]. The van der Waals surface area contributed by atoms with Crippen LogP contribution in [0.5, 0.6) is 0 Å². The smallest absolute Gasteiger partial charge is 0.162 e. The molecule has 5 rings (SSSR count). The van der Waals surface area contributed by atoms with E-state index in [2.05, 4.69) is 102 Å². The van der Waals surface area contributed by atoms with Gasteiger partial charge in [0, 0.05) is 59.3 Å². The van der Waals surface area contributed by atoms with Crippen molar-refractivity contribution in [3.05, 3.63) is 83.8 Å². The first-order chi connectivity index (χ1) is 22.1. The van der Waals surface area contributed by atoms with Gasteiger partial charge in [-0.1, -0.05) is 114 Å². The van der Waals surface area contributed by atoms with Crippen molar-refractivity contribution in [2.45, 2.75) is 106 Å². The fourth-order valence-electron chi connectivity index (χ4n) is 6.28. The number of pyridine rings is 1. The van der Waals surface area contributed by atoms with Crippen molar-refractivity contribution in [2.24, 2.45) is 11.8 Å². The van der Waals surface area contributed by atoms with Crippen molar-refractivity contribution in [2.75, 3.05) is 0 Å². The largest absolute Gasteiger partial charge is 0.512 e. The molecule has 0 fully saturated rings. The fraction of sp³-hybridized carbons (Fsp3) is 0.429. The number of benzene rings is 3. The summed E-state index contributed by atoms with van der Waals surface area (Å²) in [6, 6.07) is 21.9. The van der Waals surface area contributed by atoms with Crippen LogP contribution in [0.3, 0.4) is 0 Å². The number of carbonyl (C=O) groups excluding carboxylic acids is 1. The zero-order valence-electron chi connectivity index (χ0n) is 30.8. The van der Waals surface area contributed by atoms with Crippen molar-refractivity contribution in [3.63, 3.8) is 0 Å². The molecule has 259 valence electrons. The van der Waals surface area contributed by atoms with E-state index in [1.165, 1.54) is 53.3 Å². The van der Waals surface area contributed by atoms with Gasteiger partial charge in [0.2, 0.25) is 0 Å². The predicted octanol–water partition coefficient (Wildman–Crippen LogP) is 12.1. The molecule has 0 aliphatic heterocycles. The number of carbonyl (C=O) groups is 1. The minimum absolute atomic E-state index is 0. The van der Waals surface area contributed by atoms with Gasteiger partial charge < -0.3 is 5.11 Å². The van der Waals surface area contributed by atoms with E-state index in [1.807, 2.05) is 45.2 Å². The molecule has 0 saturated carbocycles. The number of hydrogen-bond donors (Lipinski definition) is 1. The monoisotopic (exact) mass is 857 g/mol. The summed E-state index contributed by atoms with van der Waals surface area (Å²) in [6.07, 6.45) is 6.86. The Bertz CT molecular complexity index is 1900. The summed E-state index contributed by atoms with van der Waals surface area (Å²) in [5.41, 5.74) is 4.81. The van der Waals surface area contributed by atoms with Crippen LogP contribution in [0.25, 0.3) is 42.2 Å². The first-order valence-electron chi connectivity index (χ1n) is 17.4. The molecule has 0 aliphatic carbocycles. The molecule has 0 atom stereocenters. The van der Waals surface area contributed by atoms with Crippen LogP contribution in [-0.2, 0) is 30.3 Å². The quantitative estimate of drug-likeness (QED) is 0.0695. The molecular formula is C42H54IrNO2SSi-. The van der Waals surface area contributed by atoms with Gasteiger partial charge in [-0.05, 0) is 60.9 Å². The van der Waals surface area contributed by atoms with Gasteiger partial charge in [-0.3, -0.25) is 9.78 Å². The van der Waals surface area contributed by atoms with Gasteiger partial charge in [0.1, 0.15) is 0 Å². The average molecular weight is 857 g/mol. The van der Waals surface area contributed by atoms with E-state index in [1.54, 1.807) is 0 Å². The van der Waals surface area contributed by atoms with E-state index in [9.17, 15) is 9.90 Å². The van der Waals surface area contributed by atoms with Crippen LogP contribution in [0, 0.1) is 24.8 Å². The first-order valence-corrected chi connectivity index (χ1v) is 21.7. The average Bonchev–Trinajstić information content (AvgIpc) is 3.39. The Kier molecular flexibility index (Phi) is 13.6. The van der Waals surface area contributed by atoms with Crippen LogP contribution in [0.15, 0.2) is 66.6 Å². The summed E-state index contributed by atoms with van der Waals surface area (Å²) in [5.74, 6) is 0.547. The number of aryl methyl sites for hydroxylation is 1. The Labute approximate surface area is 307 Å². The maximum absolute atomic E-state index is 11.7. The van der Waals surface area contributed by atoms with Crippen molar-refractivity contribution in [3.8, 4) is 11.3 Å². The number of rotatable bonds is 9. The fourth-order valence-corrected chi connectivity index (χ4v) is 8.79. The minimum Gasteiger partial charge on any atom is -0.512 e. The van der Waals surface area contributed by atoms with Gasteiger partial charge in [-0.15, -0.1) is 40.5 Å². The molecular weight excluding hydrogens is 803 g/mol. The molecule has 1 N–H and O–H groups in total. The number of aliphatic hydroxyl groups excluding tert-OH is 1. The summed E-state index contributed by atoms with van der Waals surface area (Å²) in [7, 11) is -1.36. The van der Waals surface area contributed by atoms with Gasteiger partial charge in [0.15, 0.2) is 5.78 Å². The molecule has 0 saturated heterocycles. The number of nitrogens with zero attached hydrogens (tertiary/aromatic N) is 1. The molecule has 3 nitrogen and oxygen atoms in total. The van der Waals surface area contributed by atoms with Crippen molar-refractivity contribution in [1.29, 1.82) is 0 Å². The Hall–Kier alpha value is -2.63. The van der Waals surface area contributed by atoms with E-state index in [-0.39, 0.29) is 48.9 Å². The van der Waals surface area contributed by atoms with Crippen molar-refractivity contribution < 1.29 is 30.0 Å². The van der Waals surface area contributed by atoms with Gasteiger partial charge in [-0.25, -0.2) is 0 Å². The van der Waals surface area contributed by atoms with Gasteiger partial charge in [-0.2, -0.15) is 0 Å². The molecule has 3 aromatic carbocycles. The van der Waals surface area contributed by atoms with Crippen molar-refractivity contribution in [1.82, 2.24) is 4.98 Å². The molecule has 6 heteroatoms. The van der Waals surface area contributed by atoms with Crippen LogP contribution in [-0.4, -0.2) is 23.9 Å². The maximum atomic E-state index is 11.7. The van der Waals surface area contributed by atoms with Gasteiger partial charge in [0.25, 0.3) is 0 Å². The number of allylic oxidation sites excluding steroid dienone is 2. The second-order valence-corrected chi connectivity index (χ2v) is 21.1. The number of ketones is 1. The van der Waals surface area contributed by atoms with Crippen LogP contribution < -0.4 is 5.19 Å². The Balaban J connectivity index is 0.000000334. The molecule has 2 heterocycles. The number of aliphatic hydroxyl groups is 1. The summed E-state index contributed by atoms with van der Waals surface area (Å²) in [4.78, 5) is 16.6. The number of fused-ring (bicyclic) bond motifs is 4. The Morgan fingerprint density at radius 2 is 1.54 bits per heavy atom. The third kappa shape index (κ3) is 8.93.